The van der Waals surface area contributed by atoms with Crippen LogP contribution in [0.1, 0.15) is 65.2 Å². The summed E-state index contributed by atoms with van der Waals surface area (Å²) in [6.45, 7) is 6.69. The molecule has 0 aromatic carbocycles. The Morgan fingerprint density at radius 2 is 1.80 bits per heavy atom. The molecule has 4 bridgehead atoms. The van der Waals surface area contributed by atoms with Gasteiger partial charge in [-0.15, -0.1) is 0 Å². The largest absolute Gasteiger partial charge is 0.393 e. The summed E-state index contributed by atoms with van der Waals surface area (Å²) < 4.78 is 5.48. The third-order valence-electron chi connectivity index (χ3n) is 6.89. The van der Waals surface area contributed by atoms with Gasteiger partial charge in [-0.2, -0.15) is 0 Å². The normalized spacial score (nSPS) is 55.4. The molecule has 20 heavy (non-hydrogen) atoms. The molecule has 4 aliphatic carbocycles. The Morgan fingerprint density at radius 3 is 2.35 bits per heavy atom. The maximum absolute atomic E-state index is 10.7. The summed E-state index contributed by atoms with van der Waals surface area (Å²) in [6.07, 6.45) is 10.5. The molecule has 1 saturated heterocycles. The van der Waals surface area contributed by atoms with Crippen LogP contribution in [0.3, 0.4) is 0 Å². The van der Waals surface area contributed by atoms with Crippen molar-refractivity contribution in [3.05, 3.63) is 0 Å². The van der Waals surface area contributed by atoms with Crippen LogP contribution in [0.4, 0.5) is 0 Å². The SMILES string of the molecule is CC12CC3CC(C)(C1)CC(CC(O)C1CCOC1)(C3)C2. The van der Waals surface area contributed by atoms with Crippen LogP contribution >= 0.6 is 0 Å². The average Bonchev–Trinajstić information content (AvgIpc) is 2.75. The second-order valence-corrected chi connectivity index (χ2v) is 9.53. The fraction of sp³-hybridized carbons (Fsp3) is 1.00. The number of aliphatic hydroxyl groups excluding tert-OH is 1. The molecule has 5 fully saturated rings. The van der Waals surface area contributed by atoms with E-state index in [0.717, 1.165) is 32.0 Å². The zero-order chi connectivity index (χ0) is 14.0. The zero-order valence-corrected chi connectivity index (χ0v) is 13.2. The second kappa shape index (κ2) is 4.23. The topological polar surface area (TPSA) is 29.5 Å². The summed E-state index contributed by atoms with van der Waals surface area (Å²) >= 11 is 0. The third kappa shape index (κ3) is 2.14. The van der Waals surface area contributed by atoms with Crippen LogP contribution in [0.15, 0.2) is 0 Å². The molecule has 1 heterocycles. The lowest BCUT2D eigenvalue weighted by molar-refractivity contribution is -0.159. The zero-order valence-electron chi connectivity index (χ0n) is 13.2. The van der Waals surface area contributed by atoms with Crippen LogP contribution in [0, 0.1) is 28.1 Å². The molecule has 2 heteroatoms. The molecule has 0 amide bonds. The van der Waals surface area contributed by atoms with Crippen molar-refractivity contribution in [3.8, 4) is 0 Å². The second-order valence-electron chi connectivity index (χ2n) is 9.53. The Hall–Kier alpha value is -0.0800. The van der Waals surface area contributed by atoms with E-state index in [1.54, 1.807) is 0 Å². The molecular weight excluding hydrogens is 248 g/mol. The van der Waals surface area contributed by atoms with Gasteiger partial charge in [0.1, 0.15) is 0 Å². The van der Waals surface area contributed by atoms with Crippen LogP contribution in [0.5, 0.6) is 0 Å². The van der Waals surface area contributed by atoms with Crippen molar-refractivity contribution in [1.82, 2.24) is 0 Å². The summed E-state index contributed by atoms with van der Waals surface area (Å²) in [5, 5.41) is 10.7. The van der Waals surface area contributed by atoms with Crippen molar-refractivity contribution in [2.45, 2.75) is 71.3 Å². The van der Waals surface area contributed by atoms with Gasteiger partial charge in [0.2, 0.25) is 0 Å². The summed E-state index contributed by atoms with van der Waals surface area (Å²) in [5.41, 5.74) is 1.59. The van der Waals surface area contributed by atoms with E-state index in [0.29, 0.717) is 22.2 Å². The highest BCUT2D eigenvalue weighted by molar-refractivity contribution is 5.10. The molecule has 0 aromatic heterocycles. The first kappa shape index (κ1) is 13.6. The molecule has 4 unspecified atom stereocenters. The predicted octanol–water partition coefficient (Wildman–Crippen LogP) is 3.77. The maximum Gasteiger partial charge on any atom is 0.0596 e. The molecule has 4 saturated carbocycles. The van der Waals surface area contributed by atoms with Crippen molar-refractivity contribution >= 4 is 0 Å². The summed E-state index contributed by atoms with van der Waals surface area (Å²) in [6, 6.07) is 0. The average molecular weight is 278 g/mol. The molecule has 1 aliphatic heterocycles. The van der Waals surface area contributed by atoms with Crippen molar-refractivity contribution in [2.75, 3.05) is 13.2 Å². The molecular formula is C18H30O2. The van der Waals surface area contributed by atoms with Gasteiger partial charge in [0.05, 0.1) is 12.7 Å². The number of ether oxygens (including phenoxy) is 1. The van der Waals surface area contributed by atoms with E-state index < -0.39 is 0 Å². The van der Waals surface area contributed by atoms with Crippen molar-refractivity contribution in [1.29, 1.82) is 0 Å². The minimum atomic E-state index is -0.124. The van der Waals surface area contributed by atoms with Crippen LogP contribution < -0.4 is 0 Å². The first-order chi connectivity index (χ1) is 9.40. The van der Waals surface area contributed by atoms with Gasteiger partial charge in [-0.1, -0.05) is 13.8 Å². The van der Waals surface area contributed by atoms with Crippen LogP contribution in [0.25, 0.3) is 0 Å². The number of hydrogen-bond acceptors (Lipinski definition) is 2. The molecule has 4 atom stereocenters. The number of rotatable bonds is 3. The summed E-state index contributed by atoms with van der Waals surface area (Å²) in [5.74, 6) is 1.34. The standard InChI is InChI=1S/C18H30O2/c1-16-5-13-6-17(2,10-16)12-18(7-13,11-16)8-15(19)14-3-4-20-9-14/h13-15,19H,3-12H2,1-2H3. The fourth-order valence-electron chi connectivity index (χ4n) is 7.38. The highest BCUT2D eigenvalue weighted by Gasteiger charge is 2.60. The van der Waals surface area contributed by atoms with E-state index in [2.05, 4.69) is 13.8 Å². The van der Waals surface area contributed by atoms with Crippen molar-refractivity contribution in [2.24, 2.45) is 28.1 Å². The summed E-state index contributed by atoms with van der Waals surface area (Å²) in [7, 11) is 0. The summed E-state index contributed by atoms with van der Waals surface area (Å²) in [4.78, 5) is 0. The lowest BCUT2D eigenvalue weighted by Gasteiger charge is -2.66. The Kier molecular flexibility index (Phi) is 2.87. The van der Waals surface area contributed by atoms with Gasteiger partial charge < -0.3 is 9.84 Å². The molecule has 5 aliphatic rings. The van der Waals surface area contributed by atoms with E-state index in [9.17, 15) is 5.11 Å². The smallest absolute Gasteiger partial charge is 0.0596 e. The van der Waals surface area contributed by atoms with Gasteiger partial charge in [0, 0.05) is 12.5 Å². The van der Waals surface area contributed by atoms with E-state index in [-0.39, 0.29) is 6.10 Å². The molecule has 114 valence electrons. The Balaban J connectivity index is 1.54. The maximum atomic E-state index is 10.7. The highest BCUT2D eigenvalue weighted by Crippen LogP contribution is 2.70. The van der Waals surface area contributed by atoms with Gasteiger partial charge in [-0.25, -0.2) is 0 Å². The van der Waals surface area contributed by atoms with E-state index in [4.69, 9.17) is 4.74 Å². The minimum Gasteiger partial charge on any atom is -0.393 e. The Labute approximate surface area is 123 Å². The van der Waals surface area contributed by atoms with E-state index in [1.165, 1.54) is 38.5 Å². The first-order valence-corrected chi connectivity index (χ1v) is 8.65. The van der Waals surface area contributed by atoms with Crippen LogP contribution in [-0.4, -0.2) is 24.4 Å². The van der Waals surface area contributed by atoms with E-state index in [1.807, 2.05) is 0 Å². The van der Waals surface area contributed by atoms with E-state index >= 15 is 0 Å². The molecule has 5 rings (SSSR count). The van der Waals surface area contributed by atoms with Crippen LogP contribution in [-0.2, 0) is 4.74 Å². The first-order valence-electron chi connectivity index (χ1n) is 8.65. The fourth-order valence-corrected chi connectivity index (χ4v) is 7.38. The Morgan fingerprint density at radius 1 is 1.10 bits per heavy atom. The van der Waals surface area contributed by atoms with Crippen LogP contribution in [0.2, 0.25) is 0 Å². The molecule has 0 radical (unpaired) electrons. The minimum absolute atomic E-state index is 0.124. The highest BCUT2D eigenvalue weighted by atomic mass is 16.5. The van der Waals surface area contributed by atoms with Gasteiger partial charge >= 0.3 is 0 Å². The molecule has 0 aromatic rings. The molecule has 2 nitrogen and oxygen atoms in total. The number of hydrogen-bond donors (Lipinski definition) is 1. The van der Waals surface area contributed by atoms with Gasteiger partial charge in [0.15, 0.2) is 0 Å². The molecule has 1 N–H and O–H groups in total. The Bertz CT molecular complexity index is 380. The molecule has 0 spiro atoms. The van der Waals surface area contributed by atoms with Gasteiger partial charge in [-0.05, 0) is 73.5 Å². The van der Waals surface area contributed by atoms with Gasteiger partial charge in [-0.3, -0.25) is 0 Å². The van der Waals surface area contributed by atoms with Crippen molar-refractivity contribution in [3.63, 3.8) is 0 Å². The monoisotopic (exact) mass is 278 g/mol. The third-order valence-corrected chi connectivity index (χ3v) is 6.89. The lowest BCUT2D eigenvalue weighted by atomic mass is 9.39. The lowest BCUT2D eigenvalue weighted by Crippen LogP contribution is -2.56. The number of aliphatic hydroxyl groups is 1. The quantitative estimate of drug-likeness (QED) is 0.851. The van der Waals surface area contributed by atoms with Gasteiger partial charge in [0.25, 0.3) is 0 Å². The predicted molar refractivity (Wildman–Crippen MR) is 79.4 cm³/mol. The van der Waals surface area contributed by atoms with Crippen molar-refractivity contribution < 1.29 is 9.84 Å².